The lowest BCUT2D eigenvalue weighted by molar-refractivity contribution is -0.139. The van der Waals surface area contributed by atoms with E-state index in [-0.39, 0.29) is 11.4 Å². The first-order valence-corrected chi connectivity index (χ1v) is 4.91. The Morgan fingerprint density at radius 3 is 2.77 bits per heavy atom. The van der Waals surface area contributed by atoms with Crippen molar-refractivity contribution in [3.63, 3.8) is 0 Å². The van der Waals surface area contributed by atoms with Gasteiger partial charge in [-0.2, -0.15) is 0 Å². The van der Waals surface area contributed by atoms with Crippen LogP contribution in [0.1, 0.15) is 25.7 Å². The summed E-state index contributed by atoms with van der Waals surface area (Å²) < 4.78 is 5.44. The van der Waals surface area contributed by atoms with Crippen LogP contribution in [0.25, 0.3) is 0 Å². The number of rotatable bonds is 1. The van der Waals surface area contributed by atoms with Gasteiger partial charge in [0.05, 0.1) is 12.1 Å². The predicted octanol–water partition coefficient (Wildman–Crippen LogP) is -0.227. The maximum Gasteiger partial charge on any atom is 0.248 e. The fourth-order valence-corrected chi connectivity index (χ4v) is 2.53. The van der Waals surface area contributed by atoms with Gasteiger partial charge in [-0.1, -0.05) is 12.8 Å². The van der Waals surface area contributed by atoms with E-state index in [1.807, 2.05) is 0 Å². The van der Waals surface area contributed by atoms with Crippen molar-refractivity contribution in [3.05, 3.63) is 0 Å². The maximum atomic E-state index is 11.2. The van der Waals surface area contributed by atoms with E-state index in [1.54, 1.807) is 0 Å². The van der Waals surface area contributed by atoms with Gasteiger partial charge in [0.15, 0.2) is 6.10 Å². The summed E-state index contributed by atoms with van der Waals surface area (Å²) in [7, 11) is 0. The first kappa shape index (κ1) is 8.97. The highest BCUT2D eigenvalue weighted by Gasteiger charge is 2.46. The van der Waals surface area contributed by atoms with E-state index in [1.165, 1.54) is 12.8 Å². The molecule has 1 aliphatic carbocycles. The SMILES string of the molecule is NC(=O)C1OCCNC12CCCC2. The van der Waals surface area contributed by atoms with Crippen LogP contribution in [0.5, 0.6) is 0 Å². The summed E-state index contributed by atoms with van der Waals surface area (Å²) in [5.74, 6) is -0.325. The largest absolute Gasteiger partial charge is 0.367 e. The Kier molecular flexibility index (Phi) is 2.26. The van der Waals surface area contributed by atoms with E-state index in [0.29, 0.717) is 6.61 Å². The number of nitrogens with one attached hydrogen (secondary N) is 1. The maximum absolute atomic E-state index is 11.2. The van der Waals surface area contributed by atoms with Gasteiger partial charge in [0.2, 0.25) is 5.91 Å². The molecule has 1 amide bonds. The number of nitrogens with two attached hydrogens (primary N) is 1. The summed E-state index contributed by atoms with van der Waals surface area (Å²) in [6, 6.07) is 0. The molecular weight excluding hydrogens is 168 g/mol. The second-order valence-electron chi connectivity index (χ2n) is 3.94. The Morgan fingerprint density at radius 1 is 1.46 bits per heavy atom. The van der Waals surface area contributed by atoms with E-state index < -0.39 is 6.10 Å². The Morgan fingerprint density at radius 2 is 2.15 bits per heavy atom. The molecule has 2 rings (SSSR count). The van der Waals surface area contributed by atoms with E-state index >= 15 is 0 Å². The first-order valence-electron chi connectivity index (χ1n) is 4.91. The molecule has 1 spiro atoms. The molecule has 0 aromatic rings. The Bertz CT molecular complexity index is 212. The summed E-state index contributed by atoms with van der Waals surface area (Å²) in [5, 5.41) is 3.40. The highest BCUT2D eigenvalue weighted by molar-refractivity contribution is 5.80. The smallest absolute Gasteiger partial charge is 0.248 e. The molecule has 74 valence electrons. The van der Waals surface area contributed by atoms with E-state index in [9.17, 15) is 4.79 Å². The Hall–Kier alpha value is -0.610. The lowest BCUT2D eigenvalue weighted by Gasteiger charge is -2.40. The van der Waals surface area contributed by atoms with Gasteiger partial charge < -0.3 is 15.8 Å². The molecule has 2 fully saturated rings. The lowest BCUT2D eigenvalue weighted by Crippen LogP contribution is -2.62. The van der Waals surface area contributed by atoms with Crippen LogP contribution >= 0.6 is 0 Å². The molecular formula is C9H16N2O2. The topological polar surface area (TPSA) is 64.4 Å². The van der Waals surface area contributed by atoms with Crippen molar-refractivity contribution in [3.8, 4) is 0 Å². The van der Waals surface area contributed by atoms with Gasteiger partial charge in [0, 0.05) is 6.54 Å². The molecule has 1 heterocycles. The number of carbonyl (C=O) groups excluding carboxylic acids is 1. The van der Waals surface area contributed by atoms with Crippen molar-refractivity contribution in [2.45, 2.75) is 37.3 Å². The van der Waals surface area contributed by atoms with Crippen LogP contribution in [0, 0.1) is 0 Å². The fourth-order valence-electron chi connectivity index (χ4n) is 2.53. The summed E-state index contributed by atoms with van der Waals surface area (Å²) in [4.78, 5) is 11.2. The molecule has 1 saturated heterocycles. The molecule has 4 nitrogen and oxygen atoms in total. The molecule has 1 unspecified atom stereocenters. The molecule has 0 radical (unpaired) electrons. The highest BCUT2D eigenvalue weighted by atomic mass is 16.5. The molecule has 1 aliphatic heterocycles. The minimum atomic E-state index is -0.413. The number of hydrogen-bond donors (Lipinski definition) is 2. The summed E-state index contributed by atoms with van der Waals surface area (Å²) in [6.07, 6.45) is 3.95. The number of ether oxygens (including phenoxy) is 1. The van der Waals surface area contributed by atoms with Crippen LogP contribution in [-0.2, 0) is 9.53 Å². The van der Waals surface area contributed by atoms with Crippen molar-refractivity contribution in [1.29, 1.82) is 0 Å². The van der Waals surface area contributed by atoms with E-state index in [0.717, 1.165) is 19.4 Å². The highest BCUT2D eigenvalue weighted by Crippen LogP contribution is 2.35. The van der Waals surface area contributed by atoms with Gasteiger partial charge in [0.25, 0.3) is 0 Å². The third kappa shape index (κ3) is 1.44. The van der Waals surface area contributed by atoms with Crippen LogP contribution < -0.4 is 11.1 Å². The zero-order valence-electron chi connectivity index (χ0n) is 7.71. The molecule has 0 aromatic heterocycles. The lowest BCUT2D eigenvalue weighted by atomic mass is 9.88. The van der Waals surface area contributed by atoms with Crippen molar-refractivity contribution in [1.82, 2.24) is 5.32 Å². The number of primary amides is 1. The average Bonchev–Trinajstić information content (AvgIpc) is 2.54. The van der Waals surface area contributed by atoms with Gasteiger partial charge in [-0.15, -0.1) is 0 Å². The minimum absolute atomic E-state index is 0.135. The van der Waals surface area contributed by atoms with Gasteiger partial charge in [-0.3, -0.25) is 4.79 Å². The number of carbonyl (C=O) groups is 1. The van der Waals surface area contributed by atoms with Gasteiger partial charge in [-0.05, 0) is 12.8 Å². The quantitative estimate of drug-likeness (QED) is 0.592. The molecule has 3 N–H and O–H groups in total. The molecule has 4 heteroatoms. The third-order valence-electron chi connectivity index (χ3n) is 3.12. The monoisotopic (exact) mass is 184 g/mol. The van der Waals surface area contributed by atoms with Crippen LogP contribution in [0.15, 0.2) is 0 Å². The second-order valence-corrected chi connectivity index (χ2v) is 3.94. The molecule has 0 bridgehead atoms. The standard InChI is InChI=1S/C9H16N2O2/c10-8(12)7-9(3-1-2-4-9)11-5-6-13-7/h7,11H,1-6H2,(H2,10,12). The van der Waals surface area contributed by atoms with Crippen molar-refractivity contribution in [2.75, 3.05) is 13.2 Å². The average molecular weight is 184 g/mol. The normalized spacial score (nSPS) is 32.2. The van der Waals surface area contributed by atoms with Crippen LogP contribution in [0.2, 0.25) is 0 Å². The molecule has 2 aliphatic rings. The van der Waals surface area contributed by atoms with Crippen LogP contribution in [0.4, 0.5) is 0 Å². The van der Waals surface area contributed by atoms with Crippen molar-refractivity contribution in [2.24, 2.45) is 5.73 Å². The zero-order chi connectivity index (χ0) is 9.31. The summed E-state index contributed by atoms with van der Waals surface area (Å²) in [5.41, 5.74) is 5.18. The minimum Gasteiger partial charge on any atom is -0.367 e. The molecule has 1 saturated carbocycles. The van der Waals surface area contributed by atoms with Crippen LogP contribution in [0.3, 0.4) is 0 Å². The molecule has 1 atom stereocenters. The number of hydrogen-bond acceptors (Lipinski definition) is 3. The van der Waals surface area contributed by atoms with Gasteiger partial charge in [-0.25, -0.2) is 0 Å². The third-order valence-corrected chi connectivity index (χ3v) is 3.12. The summed E-state index contributed by atoms with van der Waals surface area (Å²) in [6.45, 7) is 1.43. The second kappa shape index (κ2) is 3.27. The Labute approximate surface area is 77.8 Å². The zero-order valence-corrected chi connectivity index (χ0v) is 7.71. The predicted molar refractivity (Wildman–Crippen MR) is 48.1 cm³/mol. The van der Waals surface area contributed by atoms with Crippen LogP contribution in [-0.4, -0.2) is 30.7 Å². The molecule has 13 heavy (non-hydrogen) atoms. The number of amides is 1. The molecule has 0 aromatic carbocycles. The number of morpholine rings is 1. The summed E-state index contributed by atoms with van der Waals surface area (Å²) >= 11 is 0. The van der Waals surface area contributed by atoms with Crippen molar-refractivity contribution >= 4 is 5.91 Å². The Balaban J connectivity index is 2.16. The van der Waals surface area contributed by atoms with Gasteiger partial charge >= 0.3 is 0 Å². The van der Waals surface area contributed by atoms with E-state index in [2.05, 4.69) is 5.32 Å². The van der Waals surface area contributed by atoms with Gasteiger partial charge in [0.1, 0.15) is 0 Å². The van der Waals surface area contributed by atoms with E-state index in [4.69, 9.17) is 10.5 Å². The first-order chi connectivity index (χ1) is 6.25. The fraction of sp³-hybridized carbons (Fsp3) is 0.889. The van der Waals surface area contributed by atoms with Crippen molar-refractivity contribution < 1.29 is 9.53 Å².